The van der Waals surface area contributed by atoms with Gasteiger partial charge in [0.1, 0.15) is 31.3 Å². The zero-order chi connectivity index (χ0) is 112. The highest BCUT2D eigenvalue weighted by Crippen LogP contribution is 2.46. The number of nitrogens with zero attached hydrogens (tertiary/aromatic N) is 2. The lowest BCUT2D eigenvalue weighted by molar-refractivity contribution is -0.176. The molecule has 0 aromatic rings. The Bertz CT molecular complexity index is 3160. The highest BCUT2D eigenvalue weighted by Gasteiger charge is 2.44. The number of aliphatic carboxylic acids is 2. The number of aliphatic hydroxyl groups excluding tert-OH is 9. The number of methoxy groups -OCH3 is 3. The minimum Gasteiger partial charge on any atom is -0.481 e. The number of nitriles is 1. The third kappa shape index (κ3) is 95.6. The first-order valence-electron chi connectivity index (χ1n) is 39.4. The van der Waals surface area contributed by atoms with Crippen molar-refractivity contribution in [3.63, 3.8) is 0 Å². The van der Waals surface area contributed by atoms with Gasteiger partial charge in [0.2, 0.25) is 14.5 Å². The van der Waals surface area contributed by atoms with Gasteiger partial charge in [-0.1, -0.05) is 0 Å². The van der Waals surface area contributed by atoms with Gasteiger partial charge in [0, 0.05) is 82.5 Å². The van der Waals surface area contributed by atoms with Crippen LogP contribution >= 0.6 is 20.3 Å². The van der Waals surface area contributed by atoms with Crippen molar-refractivity contribution < 1.29 is 243 Å². The molecule has 126 heavy (non-hydrogen) atoms. The summed E-state index contributed by atoms with van der Waals surface area (Å²) in [5.41, 5.74) is 5.03. The summed E-state index contributed by atoms with van der Waals surface area (Å²) >= 11 is 5.03. The van der Waals surface area contributed by atoms with Crippen molar-refractivity contribution in [3.8, 4) is 6.07 Å². The molecule has 0 bridgehead atoms. The summed E-state index contributed by atoms with van der Waals surface area (Å²) < 4.78 is 323. The molecule has 1 unspecified atom stereocenters. The number of amides is 7. The van der Waals surface area contributed by atoms with Gasteiger partial charge in [0.25, 0.3) is 8.53 Å². The summed E-state index contributed by atoms with van der Waals surface area (Å²) in [6, 6.07) is -7.94. The fourth-order valence-electron chi connectivity index (χ4n) is 5.08. The van der Waals surface area contributed by atoms with Crippen molar-refractivity contribution in [1.29, 1.82) is 13.8 Å². The average Bonchev–Trinajstić information content (AvgIpc) is 0.868. The maximum absolute atomic E-state index is 12.3. The van der Waals surface area contributed by atoms with E-state index in [9.17, 15) is 146 Å². The normalized spacial score (nSPS) is 13.7. The molecule has 0 saturated heterocycles. The van der Waals surface area contributed by atoms with Gasteiger partial charge in [-0.3, -0.25) is 57.5 Å². The summed E-state index contributed by atoms with van der Waals surface area (Å²) in [5, 5.41) is 81.8. The number of carbonyl (C=O) groups is 14. The summed E-state index contributed by atoms with van der Waals surface area (Å²) in [6.07, 6.45) is -31.6. The average molecular weight is 1970 g/mol. The molecule has 63 heteroatoms. The van der Waals surface area contributed by atoms with Crippen molar-refractivity contribution in [2.24, 2.45) is 5.73 Å². The van der Waals surface area contributed by atoms with Crippen molar-refractivity contribution in [2.75, 3.05) is 117 Å². The molecule has 752 valence electrons. The van der Waals surface area contributed by atoms with Crippen molar-refractivity contribution in [3.05, 3.63) is 0 Å². The van der Waals surface area contributed by atoms with Gasteiger partial charge in [-0.15, -0.1) is 0 Å². The Morgan fingerprint density at radius 2 is 0.778 bits per heavy atom. The Kier molecular flexibility index (Phi) is 81.9. The number of carboxylic acid groups (broad SMARTS) is 2. The van der Waals surface area contributed by atoms with Crippen molar-refractivity contribution in [1.82, 2.24) is 46.7 Å². The van der Waals surface area contributed by atoms with Crippen LogP contribution in [0.3, 0.4) is 0 Å². The molecule has 0 heterocycles. The number of hydrogen-bond acceptors (Lipinski definition) is 34. The Labute approximate surface area is 734 Å². The number of carbonyl (C=O) groups excluding carboxylic acids is 12. The number of nitrogens with two attached hydrogens (primary N) is 1. The maximum Gasteiger partial charge on any atom is 0.471 e. The van der Waals surface area contributed by atoms with Gasteiger partial charge in [0.05, 0.1) is 104 Å². The predicted molar refractivity (Wildman–Crippen MR) is 400 cm³/mol. The van der Waals surface area contributed by atoms with E-state index in [1.807, 2.05) is 38.4 Å². The molecule has 0 aromatic heterocycles. The topological polar surface area (TPSA) is 675 Å². The van der Waals surface area contributed by atoms with E-state index in [-0.39, 0.29) is 76.6 Å². The summed E-state index contributed by atoms with van der Waals surface area (Å²) in [7, 11) is 10.6. The molecule has 0 fully saturated rings. The lowest BCUT2D eigenvalue weighted by atomic mass is 10.3. The third-order valence-electron chi connectivity index (χ3n) is 10.3. The highest BCUT2D eigenvalue weighted by atomic mass is 35.5. The molecule has 21 N–H and O–H groups in total. The summed E-state index contributed by atoms with van der Waals surface area (Å²) in [5.74, 6) is -21.3. The number of carboxylic acids is 2. The van der Waals surface area contributed by atoms with Gasteiger partial charge in [0.15, 0.2) is 6.04 Å². The molecule has 0 aromatic carbocycles. The molecular formula is C63H115ClF18N11O32P. The first-order chi connectivity index (χ1) is 63.4. The Morgan fingerprint density at radius 1 is 0.468 bits per heavy atom. The van der Waals surface area contributed by atoms with E-state index in [1.165, 1.54) is 78.1 Å². The fraction of sp³-hybridized carbons (Fsp3) is 0.762. The molecule has 0 aliphatic heterocycles. The molecule has 0 saturated carbocycles. The number of esters is 5. The number of halogens is 19. The lowest BCUT2D eigenvalue weighted by Gasteiger charge is -2.36. The fourth-order valence-corrected chi connectivity index (χ4v) is 6.88. The first-order valence-corrected chi connectivity index (χ1v) is 34.2. The van der Waals surface area contributed by atoms with E-state index in [0.717, 1.165) is 19.5 Å². The quantitative estimate of drug-likeness (QED) is 0.0100. The van der Waals surface area contributed by atoms with Crippen molar-refractivity contribution in [2.45, 2.75) is 199 Å². The zero-order valence-corrected chi connectivity index (χ0v) is 71.0. The Hall–Kier alpha value is -9.03. The number of nitrogens with one attached hydrogen (secondary N) is 8. The SMILES string of the molecule is COC(=O)[C@H](CO)NC(=O)C(F)(F)F.COC(=O)[C@H](CO)NCl.[2H]C[C@@H](COC(=O)CCC(=O)NC)NC(=O)C(F)(F)F.[2H]C[C@@H](COC(=O)CCC(=O)O)NC(=O)C(F)(F)F.[2H]C[C@@H](COP(OCCC#N)N(C(C)C)C(C)C)NC(=O)C(F)(F)F.[2H]C[C@H](N)CO.[2H]C[C@H](NC(=O)C(F)(F)F)C(=O)O.[2H]C[C@H](NC(=O)C(F)(F)F)C(=O)OC.[3H]OC.[3H]OC.[3H]OC.[3H]OC.[3H]OC.[3H]OC. The van der Waals surface area contributed by atoms with Crippen LogP contribution in [0.1, 0.15) is 109 Å². The van der Waals surface area contributed by atoms with Crippen molar-refractivity contribution >= 4 is 103 Å². The number of aliphatic hydroxyl groups is 9. The maximum atomic E-state index is 12.3. The molecule has 0 aliphatic carbocycles. The smallest absolute Gasteiger partial charge is 0.471 e. The van der Waals surface area contributed by atoms with Crippen LogP contribution in [0, 0.1) is 11.3 Å². The van der Waals surface area contributed by atoms with E-state index in [0.29, 0.717) is 0 Å². The third-order valence-corrected chi connectivity index (χ3v) is 12.6. The van der Waals surface area contributed by atoms with E-state index >= 15 is 0 Å². The zero-order valence-electron chi connectivity index (χ0n) is 81.4. The van der Waals surface area contributed by atoms with Crippen LogP contribution < -0.4 is 47.8 Å². The number of hydrogen-bond donors (Lipinski definition) is 20. The molecular weight excluding hydrogens is 1830 g/mol. The largest absolute Gasteiger partial charge is 0.481 e. The molecule has 7 amide bonds. The number of rotatable bonds is 33. The molecule has 0 spiro atoms. The van der Waals surface area contributed by atoms with E-state index in [2.05, 4.69) is 64.5 Å². The highest BCUT2D eigenvalue weighted by molar-refractivity contribution is 7.44. The molecule has 0 rings (SSSR count). The minimum absolute atomic E-state index is 0.0346. The van der Waals surface area contributed by atoms with Gasteiger partial charge in [-0.25, -0.2) is 19.1 Å². The van der Waals surface area contributed by atoms with Crippen LogP contribution in [-0.4, -0.2) is 367 Å². The Morgan fingerprint density at radius 3 is 1.02 bits per heavy atom. The standard InChI is InChI=1S/C14H25F3N3O3P.C10H15F3N2O4.C9H12F3NO5.C6H8F3NO4.C6H8F3NO3.C5H6F3NO3.C4H8ClNO3.C3H9NO.6CH4O/c1-10(2)20(11(3)4)24(22-8-6-7-18)23-9-12(5)19-13(21)14(15,16)17;1-6(15-9(18)10(11,12)13)5-19-8(17)4-3-7(16)14-2;1-5(13-8(17)9(10,11)12)4-18-7(16)3-2-6(14)15;1-14-4(12)3(2-11)10-5(13)6(7,8)9;1-3(4(11)13-2)10-5(12)6(7,8)9;1-2(3(10)11)9-4(12)5(6,7)8;1-9-4(8)3(2-7)6-5;1-3(4)2-5;6*1-2/h10-12H,6,8-9H2,1-5H3,(H,19,21);6H,3-5H2,1-2H3,(H,14,16)(H,15,18);5H,2-4H2,1H3,(H,13,17)(H,14,15);3,11H,2H2,1H3,(H,10,13);3H,1-2H3,(H,10,12);2H,1H3,(H,9,12)(H,10,11);3,6-7H,2H2,1H3;3,5H,2,4H2,1H3;6*2H,1H3/t12-,24?;6-;5-;2*3-;2-;2*3-;;;;;;/m00000000....../s1/i5D;2*1D;;2*1D;;1D;6*2T. The van der Waals surface area contributed by atoms with E-state index in [1.54, 1.807) is 5.32 Å². The molecule has 43 nitrogen and oxygen atoms in total. The second-order valence-corrected chi connectivity index (χ2v) is 22.4. The molecule has 0 aliphatic rings. The van der Waals surface area contributed by atoms with Crippen LogP contribution in [0.2, 0.25) is 0 Å². The van der Waals surface area contributed by atoms with Crippen LogP contribution in [0.5, 0.6) is 0 Å². The summed E-state index contributed by atoms with van der Waals surface area (Å²) in [4.78, 5) is 150. The monoisotopic (exact) mass is 1960 g/mol. The van der Waals surface area contributed by atoms with Crippen LogP contribution in [-0.2, 0) is 99.9 Å². The van der Waals surface area contributed by atoms with Gasteiger partial charge in [-0.05, 0) is 80.9 Å². The van der Waals surface area contributed by atoms with Crippen LogP contribution in [0.4, 0.5) is 79.0 Å². The Balaban J connectivity index is -0.000000105. The van der Waals surface area contributed by atoms with E-state index in [4.69, 9.17) is 74.2 Å². The van der Waals surface area contributed by atoms with Crippen LogP contribution in [0.25, 0.3) is 0 Å². The lowest BCUT2D eigenvalue weighted by Crippen LogP contribution is -2.49. The molecule has 0 radical (unpaired) electrons. The van der Waals surface area contributed by atoms with Gasteiger partial charge in [-0.2, -0.15) is 84.3 Å². The second kappa shape index (κ2) is 86.7. The predicted octanol–water partition coefficient (Wildman–Crippen LogP) is -0.266. The van der Waals surface area contributed by atoms with Gasteiger partial charge < -0.3 is 132 Å². The number of ether oxygens (including phenoxy) is 5. The van der Waals surface area contributed by atoms with E-state index < -0.39 is 232 Å². The van der Waals surface area contributed by atoms with Crippen LogP contribution in [0.15, 0.2) is 0 Å². The minimum atomic E-state index is -5.12. The van der Waals surface area contributed by atoms with Gasteiger partial charge >= 0.3 is 114 Å². The summed E-state index contributed by atoms with van der Waals surface area (Å²) in [6.45, 7) is 1.79. The first kappa shape index (κ1) is 119. The second-order valence-electron chi connectivity index (χ2n) is 20.7. The number of alkyl halides is 18. The molecule has 9 atom stereocenters.